The Bertz CT molecular complexity index is 781. The standard InChI is InChI=1S/C19H21F2N3O2/c20-19(21)8-6-15(7-9-19)23-10-11-24-17(18(23)25)12-14(22-24)13-26-16-4-2-1-3-5-16/h1-5,12,15H,6-11,13H2. The second-order valence-corrected chi connectivity index (χ2v) is 6.93. The fourth-order valence-electron chi connectivity index (χ4n) is 3.69. The van der Waals surface area contributed by atoms with Gasteiger partial charge in [-0.25, -0.2) is 8.78 Å². The predicted octanol–water partition coefficient (Wildman–Crippen LogP) is 3.50. The SMILES string of the molecule is O=C1c2cc(COc3ccccc3)nn2CCN1C1CCC(F)(F)CC1. The van der Waals surface area contributed by atoms with E-state index in [1.807, 2.05) is 30.3 Å². The number of amides is 1. The highest BCUT2D eigenvalue weighted by Crippen LogP contribution is 2.36. The van der Waals surface area contributed by atoms with Crippen LogP contribution in [0.25, 0.3) is 0 Å². The van der Waals surface area contributed by atoms with Gasteiger partial charge in [0.1, 0.15) is 23.7 Å². The van der Waals surface area contributed by atoms with Crippen molar-refractivity contribution in [1.82, 2.24) is 14.7 Å². The number of para-hydroxylation sites is 1. The summed E-state index contributed by atoms with van der Waals surface area (Å²) < 4.78 is 34.1. The Labute approximate surface area is 150 Å². The predicted molar refractivity (Wildman–Crippen MR) is 91.2 cm³/mol. The highest BCUT2D eigenvalue weighted by atomic mass is 19.3. The van der Waals surface area contributed by atoms with Gasteiger partial charge in [-0.3, -0.25) is 9.48 Å². The maximum atomic E-state index is 13.4. The quantitative estimate of drug-likeness (QED) is 0.837. The van der Waals surface area contributed by atoms with Crippen LogP contribution >= 0.6 is 0 Å². The summed E-state index contributed by atoms with van der Waals surface area (Å²) in [4.78, 5) is 14.5. The molecule has 138 valence electrons. The van der Waals surface area contributed by atoms with E-state index in [1.54, 1.807) is 15.6 Å². The third kappa shape index (κ3) is 3.43. The van der Waals surface area contributed by atoms with Crippen LogP contribution < -0.4 is 4.74 Å². The third-order valence-electron chi connectivity index (χ3n) is 5.12. The summed E-state index contributed by atoms with van der Waals surface area (Å²) in [5, 5.41) is 4.44. The molecule has 0 unspecified atom stereocenters. The van der Waals surface area contributed by atoms with Crippen LogP contribution in [-0.4, -0.2) is 39.1 Å². The number of nitrogens with zero attached hydrogens (tertiary/aromatic N) is 3. The number of hydrogen-bond donors (Lipinski definition) is 0. The van der Waals surface area contributed by atoms with E-state index >= 15 is 0 Å². The Morgan fingerprint density at radius 2 is 1.88 bits per heavy atom. The number of hydrogen-bond acceptors (Lipinski definition) is 3. The average molecular weight is 361 g/mol. The van der Waals surface area contributed by atoms with Gasteiger partial charge in [0.25, 0.3) is 5.91 Å². The van der Waals surface area contributed by atoms with Gasteiger partial charge in [0.2, 0.25) is 5.92 Å². The number of carbonyl (C=O) groups excluding carboxylic acids is 1. The molecule has 2 aliphatic rings. The number of rotatable bonds is 4. The molecule has 0 N–H and O–H groups in total. The van der Waals surface area contributed by atoms with Crippen LogP contribution in [0.3, 0.4) is 0 Å². The largest absolute Gasteiger partial charge is 0.487 e. The van der Waals surface area contributed by atoms with Gasteiger partial charge in [-0.05, 0) is 31.0 Å². The minimum atomic E-state index is -2.58. The lowest BCUT2D eigenvalue weighted by molar-refractivity contribution is -0.0520. The zero-order chi connectivity index (χ0) is 18.1. The van der Waals surface area contributed by atoms with Crippen LogP contribution in [0.4, 0.5) is 8.78 Å². The number of benzene rings is 1. The molecule has 0 bridgehead atoms. The molecule has 4 rings (SSSR count). The molecule has 1 aliphatic heterocycles. The summed E-state index contributed by atoms with van der Waals surface area (Å²) in [6.45, 7) is 1.38. The Morgan fingerprint density at radius 1 is 1.15 bits per heavy atom. The minimum absolute atomic E-state index is 0.102. The molecule has 1 saturated carbocycles. The van der Waals surface area contributed by atoms with Crippen molar-refractivity contribution in [1.29, 1.82) is 0 Å². The van der Waals surface area contributed by atoms with Crippen molar-refractivity contribution in [3.05, 3.63) is 47.8 Å². The smallest absolute Gasteiger partial charge is 0.272 e. The molecule has 26 heavy (non-hydrogen) atoms. The molecule has 1 fully saturated rings. The van der Waals surface area contributed by atoms with Crippen molar-refractivity contribution < 1.29 is 18.3 Å². The number of alkyl halides is 2. The van der Waals surface area contributed by atoms with E-state index in [2.05, 4.69) is 5.10 Å². The number of ether oxygens (including phenoxy) is 1. The van der Waals surface area contributed by atoms with Gasteiger partial charge in [-0.2, -0.15) is 5.10 Å². The molecule has 0 saturated heterocycles. The van der Waals surface area contributed by atoms with E-state index in [1.165, 1.54) is 0 Å². The second-order valence-electron chi connectivity index (χ2n) is 6.93. The molecule has 5 nitrogen and oxygen atoms in total. The Hall–Kier alpha value is -2.44. The maximum absolute atomic E-state index is 13.4. The van der Waals surface area contributed by atoms with Crippen LogP contribution in [0.5, 0.6) is 5.75 Å². The molecule has 1 aromatic carbocycles. The molecular weight excluding hydrogens is 340 g/mol. The lowest BCUT2D eigenvalue weighted by Crippen LogP contribution is -2.48. The Balaban J connectivity index is 1.43. The van der Waals surface area contributed by atoms with Gasteiger partial charge < -0.3 is 9.64 Å². The van der Waals surface area contributed by atoms with Gasteiger partial charge in [0, 0.05) is 25.4 Å². The summed E-state index contributed by atoms with van der Waals surface area (Å²) >= 11 is 0. The summed E-state index contributed by atoms with van der Waals surface area (Å²) in [7, 11) is 0. The lowest BCUT2D eigenvalue weighted by atomic mass is 9.90. The first-order valence-corrected chi connectivity index (χ1v) is 8.95. The number of carbonyl (C=O) groups is 1. The van der Waals surface area contributed by atoms with Gasteiger partial charge in [0.15, 0.2) is 0 Å². The van der Waals surface area contributed by atoms with Crippen LogP contribution in [0.15, 0.2) is 36.4 Å². The van der Waals surface area contributed by atoms with Crippen LogP contribution in [0, 0.1) is 0 Å². The second kappa shape index (κ2) is 6.70. The van der Waals surface area contributed by atoms with E-state index in [4.69, 9.17) is 4.74 Å². The number of aromatic nitrogens is 2. The molecule has 2 heterocycles. The highest BCUT2D eigenvalue weighted by Gasteiger charge is 2.39. The van der Waals surface area contributed by atoms with Crippen molar-refractivity contribution in [3.63, 3.8) is 0 Å². The summed E-state index contributed by atoms with van der Waals surface area (Å²) in [5.74, 6) is -1.96. The number of fused-ring (bicyclic) bond motifs is 1. The third-order valence-corrected chi connectivity index (χ3v) is 5.12. The maximum Gasteiger partial charge on any atom is 0.272 e. The molecule has 1 aromatic heterocycles. The first-order chi connectivity index (χ1) is 12.5. The van der Waals surface area contributed by atoms with Crippen molar-refractivity contribution in [2.24, 2.45) is 0 Å². The van der Waals surface area contributed by atoms with Crippen molar-refractivity contribution in [2.45, 2.75) is 50.8 Å². The van der Waals surface area contributed by atoms with Crippen molar-refractivity contribution in [2.75, 3.05) is 6.54 Å². The van der Waals surface area contributed by atoms with E-state index in [0.717, 1.165) is 5.75 Å². The fraction of sp³-hybridized carbons (Fsp3) is 0.474. The van der Waals surface area contributed by atoms with Crippen LogP contribution in [-0.2, 0) is 13.2 Å². The first-order valence-electron chi connectivity index (χ1n) is 8.95. The van der Waals surface area contributed by atoms with E-state index in [-0.39, 0.29) is 31.4 Å². The molecule has 0 radical (unpaired) electrons. The van der Waals surface area contributed by atoms with Crippen LogP contribution in [0.1, 0.15) is 41.9 Å². The molecule has 7 heteroatoms. The Morgan fingerprint density at radius 3 is 2.62 bits per heavy atom. The fourth-order valence-corrected chi connectivity index (χ4v) is 3.69. The van der Waals surface area contributed by atoms with Crippen LogP contribution in [0.2, 0.25) is 0 Å². The summed E-state index contributed by atoms with van der Waals surface area (Å²) in [6.07, 6.45) is 0.432. The summed E-state index contributed by atoms with van der Waals surface area (Å²) in [5.41, 5.74) is 1.20. The average Bonchev–Trinajstić information content (AvgIpc) is 3.06. The molecule has 0 spiro atoms. The molecular formula is C19H21F2N3O2. The minimum Gasteiger partial charge on any atom is -0.487 e. The normalized spacial score (nSPS) is 20.1. The molecule has 2 aromatic rings. The monoisotopic (exact) mass is 361 g/mol. The number of halogens is 2. The van der Waals surface area contributed by atoms with Gasteiger partial charge in [0.05, 0.1) is 6.54 Å². The molecule has 1 aliphatic carbocycles. The van der Waals surface area contributed by atoms with Crippen molar-refractivity contribution >= 4 is 5.91 Å². The zero-order valence-corrected chi connectivity index (χ0v) is 14.4. The Kier molecular flexibility index (Phi) is 4.38. The van der Waals surface area contributed by atoms with E-state index < -0.39 is 5.92 Å². The topological polar surface area (TPSA) is 47.4 Å². The zero-order valence-electron chi connectivity index (χ0n) is 14.4. The highest BCUT2D eigenvalue weighted by molar-refractivity contribution is 5.93. The molecule has 1 amide bonds. The summed E-state index contributed by atoms with van der Waals surface area (Å²) in [6, 6.07) is 11.1. The van der Waals surface area contributed by atoms with Crippen molar-refractivity contribution in [3.8, 4) is 5.75 Å². The van der Waals surface area contributed by atoms with Gasteiger partial charge >= 0.3 is 0 Å². The van der Waals surface area contributed by atoms with E-state index in [0.29, 0.717) is 37.3 Å². The lowest BCUT2D eigenvalue weighted by Gasteiger charge is -2.38. The van der Waals surface area contributed by atoms with Gasteiger partial charge in [-0.1, -0.05) is 18.2 Å². The van der Waals surface area contributed by atoms with Gasteiger partial charge in [-0.15, -0.1) is 0 Å². The molecule has 0 atom stereocenters. The first kappa shape index (κ1) is 17.0. The van der Waals surface area contributed by atoms with E-state index in [9.17, 15) is 13.6 Å².